The van der Waals surface area contributed by atoms with E-state index >= 15 is 0 Å². The zero-order valence-electron chi connectivity index (χ0n) is 9.94. The van der Waals surface area contributed by atoms with Crippen molar-refractivity contribution in [3.05, 3.63) is 0 Å². The third kappa shape index (κ3) is 4.43. The van der Waals surface area contributed by atoms with Gasteiger partial charge < -0.3 is 10.1 Å². The van der Waals surface area contributed by atoms with E-state index < -0.39 is 0 Å². The largest absolute Gasteiger partial charge is 0.381 e. The first kappa shape index (κ1) is 12.0. The summed E-state index contributed by atoms with van der Waals surface area (Å²) in [4.78, 5) is 0. The van der Waals surface area contributed by atoms with Gasteiger partial charge in [-0.3, -0.25) is 0 Å². The van der Waals surface area contributed by atoms with E-state index in [1.807, 2.05) is 0 Å². The Bertz CT molecular complexity index is 150. The number of rotatable bonds is 5. The van der Waals surface area contributed by atoms with Crippen molar-refractivity contribution in [1.29, 1.82) is 0 Å². The Morgan fingerprint density at radius 1 is 1.43 bits per heavy atom. The van der Waals surface area contributed by atoms with Crippen LogP contribution in [0, 0.1) is 5.92 Å². The minimum Gasteiger partial charge on any atom is -0.381 e. The van der Waals surface area contributed by atoms with Gasteiger partial charge in [0.2, 0.25) is 0 Å². The topological polar surface area (TPSA) is 21.3 Å². The lowest BCUT2D eigenvalue weighted by Gasteiger charge is -2.30. The van der Waals surface area contributed by atoms with E-state index in [4.69, 9.17) is 4.74 Å². The highest BCUT2D eigenvalue weighted by molar-refractivity contribution is 4.78. The number of hydrogen-bond donors (Lipinski definition) is 1. The van der Waals surface area contributed by atoms with Crippen molar-refractivity contribution in [2.24, 2.45) is 5.92 Å². The van der Waals surface area contributed by atoms with Gasteiger partial charge in [-0.05, 0) is 39.0 Å². The summed E-state index contributed by atoms with van der Waals surface area (Å²) in [5.41, 5.74) is 0.298. The van der Waals surface area contributed by atoms with Gasteiger partial charge in [-0.25, -0.2) is 0 Å². The molecule has 1 N–H and O–H groups in total. The minimum atomic E-state index is 0.298. The van der Waals surface area contributed by atoms with Gasteiger partial charge in [-0.1, -0.05) is 13.3 Å². The summed E-state index contributed by atoms with van der Waals surface area (Å²) in [5, 5.41) is 3.65. The van der Waals surface area contributed by atoms with Gasteiger partial charge in [0.05, 0.1) is 6.61 Å². The maximum atomic E-state index is 5.47. The smallest absolute Gasteiger partial charge is 0.0506 e. The van der Waals surface area contributed by atoms with Crippen LogP contribution < -0.4 is 5.32 Å². The molecule has 0 radical (unpaired) electrons. The van der Waals surface area contributed by atoms with Crippen molar-refractivity contribution in [2.45, 2.75) is 52.0 Å². The highest BCUT2D eigenvalue weighted by Crippen LogP contribution is 2.15. The average molecular weight is 199 g/mol. The third-order valence-corrected chi connectivity index (χ3v) is 3.00. The van der Waals surface area contributed by atoms with Gasteiger partial charge in [0.1, 0.15) is 0 Å². The Hall–Kier alpha value is -0.0800. The third-order valence-electron chi connectivity index (χ3n) is 3.00. The summed E-state index contributed by atoms with van der Waals surface area (Å²) in [6, 6.07) is 0. The average Bonchev–Trinajstić information content (AvgIpc) is 2.17. The molecule has 1 saturated heterocycles. The van der Waals surface area contributed by atoms with E-state index in [-0.39, 0.29) is 0 Å². The van der Waals surface area contributed by atoms with Crippen LogP contribution in [0.1, 0.15) is 46.5 Å². The van der Waals surface area contributed by atoms with Crippen LogP contribution >= 0.6 is 0 Å². The Labute approximate surface area is 88.4 Å². The van der Waals surface area contributed by atoms with Crippen LogP contribution in [0.3, 0.4) is 0 Å². The van der Waals surface area contributed by atoms with Crippen LogP contribution in [0.2, 0.25) is 0 Å². The van der Waals surface area contributed by atoms with Crippen molar-refractivity contribution in [3.63, 3.8) is 0 Å². The van der Waals surface area contributed by atoms with Gasteiger partial charge in [0.25, 0.3) is 0 Å². The summed E-state index contributed by atoms with van der Waals surface area (Å²) in [6.07, 6.45) is 5.07. The summed E-state index contributed by atoms with van der Waals surface area (Å²) < 4.78 is 5.47. The fourth-order valence-corrected chi connectivity index (χ4v) is 2.10. The lowest BCUT2D eigenvalue weighted by Crippen LogP contribution is -2.43. The quantitative estimate of drug-likeness (QED) is 0.735. The molecule has 0 aromatic heterocycles. The second-order valence-corrected chi connectivity index (χ2v) is 5.10. The first-order valence-electron chi connectivity index (χ1n) is 5.97. The molecule has 1 aliphatic rings. The molecule has 2 heteroatoms. The van der Waals surface area contributed by atoms with E-state index in [0.717, 1.165) is 25.7 Å². The first-order valence-corrected chi connectivity index (χ1v) is 5.97. The predicted molar refractivity (Wildman–Crippen MR) is 60.5 cm³/mol. The predicted octanol–water partition coefficient (Wildman–Crippen LogP) is 2.58. The van der Waals surface area contributed by atoms with E-state index in [2.05, 4.69) is 26.1 Å². The summed E-state index contributed by atoms with van der Waals surface area (Å²) in [6.45, 7) is 9.87. The summed E-state index contributed by atoms with van der Waals surface area (Å²) in [5.74, 6) is 0.736. The van der Waals surface area contributed by atoms with Crippen LogP contribution in [-0.4, -0.2) is 25.3 Å². The molecule has 14 heavy (non-hydrogen) atoms. The Morgan fingerprint density at radius 3 is 2.79 bits per heavy atom. The Balaban J connectivity index is 2.17. The molecule has 0 aromatic rings. The molecule has 0 aliphatic carbocycles. The molecule has 1 heterocycles. The Kier molecular flexibility index (Phi) is 4.90. The van der Waals surface area contributed by atoms with E-state index in [9.17, 15) is 0 Å². The zero-order chi connectivity index (χ0) is 10.4. The lowest BCUT2D eigenvalue weighted by molar-refractivity contribution is 0.0519. The first-order chi connectivity index (χ1) is 6.64. The molecule has 0 bridgehead atoms. The molecule has 1 rings (SSSR count). The second-order valence-electron chi connectivity index (χ2n) is 5.10. The SMILES string of the molecule is CCCC(C)(C)NCC1CCCOC1. The van der Waals surface area contributed by atoms with E-state index in [1.165, 1.54) is 25.7 Å². The fourth-order valence-electron chi connectivity index (χ4n) is 2.10. The number of ether oxygens (including phenoxy) is 1. The molecule has 2 nitrogen and oxygen atoms in total. The van der Waals surface area contributed by atoms with Gasteiger partial charge in [-0.15, -0.1) is 0 Å². The van der Waals surface area contributed by atoms with Crippen molar-refractivity contribution < 1.29 is 4.74 Å². The van der Waals surface area contributed by atoms with Crippen molar-refractivity contribution >= 4 is 0 Å². The normalized spacial score (nSPS) is 23.8. The van der Waals surface area contributed by atoms with E-state index in [1.54, 1.807) is 0 Å². The minimum absolute atomic E-state index is 0.298. The van der Waals surface area contributed by atoms with Crippen LogP contribution in [-0.2, 0) is 4.74 Å². The molecule has 1 fully saturated rings. The molecule has 0 saturated carbocycles. The molecule has 0 aromatic carbocycles. The summed E-state index contributed by atoms with van der Waals surface area (Å²) >= 11 is 0. The maximum absolute atomic E-state index is 5.47. The van der Waals surface area contributed by atoms with Gasteiger partial charge in [0, 0.05) is 18.7 Å². The highest BCUT2D eigenvalue weighted by atomic mass is 16.5. The molecule has 0 amide bonds. The standard InChI is InChI=1S/C12H25NO/c1-4-7-12(2,3)13-9-11-6-5-8-14-10-11/h11,13H,4-10H2,1-3H3. The van der Waals surface area contributed by atoms with Crippen LogP contribution in [0.4, 0.5) is 0 Å². The molecule has 1 aliphatic heterocycles. The monoisotopic (exact) mass is 199 g/mol. The maximum Gasteiger partial charge on any atom is 0.0506 e. The van der Waals surface area contributed by atoms with Crippen molar-refractivity contribution in [1.82, 2.24) is 5.32 Å². The molecule has 0 spiro atoms. The van der Waals surface area contributed by atoms with E-state index in [0.29, 0.717) is 5.54 Å². The van der Waals surface area contributed by atoms with Gasteiger partial charge in [-0.2, -0.15) is 0 Å². The van der Waals surface area contributed by atoms with Crippen LogP contribution in [0.5, 0.6) is 0 Å². The van der Waals surface area contributed by atoms with Crippen LogP contribution in [0.15, 0.2) is 0 Å². The van der Waals surface area contributed by atoms with Crippen molar-refractivity contribution in [3.8, 4) is 0 Å². The number of nitrogens with one attached hydrogen (secondary N) is 1. The van der Waals surface area contributed by atoms with Gasteiger partial charge >= 0.3 is 0 Å². The summed E-state index contributed by atoms with van der Waals surface area (Å²) in [7, 11) is 0. The molecule has 1 atom stereocenters. The van der Waals surface area contributed by atoms with Crippen molar-refractivity contribution in [2.75, 3.05) is 19.8 Å². The number of hydrogen-bond acceptors (Lipinski definition) is 2. The molecule has 84 valence electrons. The van der Waals surface area contributed by atoms with Crippen LogP contribution in [0.25, 0.3) is 0 Å². The molecular weight excluding hydrogens is 174 g/mol. The lowest BCUT2D eigenvalue weighted by atomic mass is 9.96. The fraction of sp³-hybridized carbons (Fsp3) is 1.00. The molecular formula is C12H25NO. The highest BCUT2D eigenvalue weighted by Gasteiger charge is 2.19. The zero-order valence-corrected chi connectivity index (χ0v) is 9.94. The van der Waals surface area contributed by atoms with Gasteiger partial charge in [0.15, 0.2) is 0 Å². The molecule has 1 unspecified atom stereocenters. The Morgan fingerprint density at radius 2 is 2.21 bits per heavy atom. The second kappa shape index (κ2) is 5.72.